The van der Waals surface area contributed by atoms with E-state index in [4.69, 9.17) is 4.98 Å². The molecular weight excluding hydrogens is 314 g/mol. The number of fused-ring (bicyclic) bond motifs is 1. The Morgan fingerprint density at radius 1 is 0.880 bits per heavy atom. The Bertz CT molecular complexity index is 889. The molecule has 1 aliphatic heterocycles. The summed E-state index contributed by atoms with van der Waals surface area (Å²) in [6, 6.07) is 17.4. The van der Waals surface area contributed by atoms with Crippen LogP contribution in [-0.4, -0.2) is 41.4 Å². The summed E-state index contributed by atoms with van der Waals surface area (Å²) in [4.78, 5) is 9.19. The van der Waals surface area contributed by atoms with Gasteiger partial charge < -0.3 is 20.0 Å². The molecule has 0 radical (unpaired) electrons. The first-order chi connectivity index (χ1) is 12.3. The molecule has 0 atom stereocenters. The number of para-hydroxylation sites is 3. The second-order valence-electron chi connectivity index (χ2n) is 6.28. The molecule has 0 bridgehead atoms. The molecule has 2 N–H and O–H groups in total. The molecule has 0 aliphatic carbocycles. The minimum absolute atomic E-state index is 0.0210. The lowest BCUT2D eigenvalue weighted by Gasteiger charge is -2.37. The Balaban J connectivity index is 1.58. The van der Waals surface area contributed by atoms with Crippen molar-refractivity contribution in [3.63, 3.8) is 0 Å². The van der Waals surface area contributed by atoms with Crippen LogP contribution in [0.2, 0.25) is 0 Å². The molecule has 4 rings (SSSR count). The Hall–Kier alpha value is -2.79. The summed E-state index contributed by atoms with van der Waals surface area (Å²) in [6.07, 6.45) is 0. The SMILES string of the molecule is OCc1cc2ccccc2nc1N1CCN(c2ccccc2O)CC1. The molecule has 1 aromatic heterocycles. The summed E-state index contributed by atoms with van der Waals surface area (Å²) in [5.41, 5.74) is 2.67. The highest BCUT2D eigenvalue weighted by atomic mass is 16.3. The lowest BCUT2D eigenvalue weighted by molar-refractivity contribution is 0.281. The molecule has 1 fully saturated rings. The molecule has 2 heterocycles. The third-order valence-corrected chi connectivity index (χ3v) is 4.75. The van der Waals surface area contributed by atoms with E-state index in [-0.39, 0.29) is 6.61 Å². The number of rotatable bonds is 3. The van der Waals surface area contributed by atoms with Gasteiger partial charge >= 0.3 is 0 Å². The van der Waals surface area contributed by atoms with E-state index in [9.17, 15) is 10.2 Å². The van der Waals surface area contributed by atoms with Gasteiger partial charge in [-0.1, -0.05) is 30.3 Å². The van der Waals surface area contributed by atoms with Gasteiger partial charge in [0.15, 0.2) is 0 Å². The van der Waals surface area contributed by atoms with Crippen LogP contribution in [0.15, 0.2) is 54.6 Å². The fraction of sp³-hybridized carbons (Fsp3) is 0.250. The fourth-order valence-electron chi connectivity index (χ4n) is 3.43. The first-order valence-electron chi connectivity index (χ1n) is 8.53. The van der Waals surface area contributed by atoms with Crippen molar-refractivity contribution in [3.8, 4) is 5.75 Å². The van der Waals surface area contributed by atoms with Gasteiger partial charge in [-0.05, 0) is 24.3 Å². The van der Waals surface area contributed by atoms with Crippen LogP contribution in [0.4, 0.5) is 11.5 Å². The number of aliphatic hydroxyl groups excluding tert-OH is 1. The van der Waals surface area contributed by atoms with Crippen molar-refractivity contribution < 1.29 is 10.2 Å². The number of aromatic nitrogens is 1. The van der Waals surface area contributed by atoms with Crippen molar-refractivity contribution in [1.29, 1.82) is 0 Å². The van der Waals surface area contributed by atoms with Crippen molar-refractivity contribution in [2.24, 2.45) is 0 Å². The third-order valence-electron chi connectivity index (χ3n) is 4.75. The maximum absolute atomic E-state index is 10.0. The number of aromatic hydroxyl groups is 1. The molecule has 5 heteroatoms. The number of benzene rings is 2. The molecule has 0 spiro atoms. The zero-order valence-electron chi connectivity index (χ0n) is 14.0. The fourth-order valence-corrected chi connectivity index (χ4v) is 3.43. The van der Waals surface area contributed by atoms with Gasteiger partial charge in [0.1, 0.15) is 11.6 Å². The highest BCUT2D eigenvalue weighted by molar-refractivity contribution is 5.81. The van der Waals surface area contributed by atoms with Gasteiger partial charge in [0.25, 0.3) is 0 Å². The maximum atomic E-state index is 10.0. The number of phenolic OH excluding ortho intramolecular Hbond substituents is 1. The summed E-state index contributed by atoms with van der Waals surface area (Å²) < 4.78 is 0. The minimum atomic E-state index is -0.0210. The van der Waals surface area contributed by atoms with Crippen LogP contribution >= 0.6 is 0 Å². The van der Waals surface area contributed by atoms with E-state index in [1.54, 1.807) is 6.07 Å². The maximum Gasteiger partial charge on any atom is 0.138 e. The van der Waals surface area contributed by atoms with Gasteiger partial charge in [-0.25, -0.2) is 4.98 Å². The van der Waals surface area contributed by atoms with Gasteiger partial charge in [-0.3, -0.25) is 0 Å². The van der Waals surface area contributed by atoms with E-state index >= 15 is 0 Å². The smallest absolute Gasteiger partial charge is 0.138 e. The molecule has 1 saturated heterocycles. The van der Waals surface area contributed by atoms with Gasteiger partial charge in [-0.15, -0.1) is 0 Å². The summed E-state index contributed by atoms with van der Waals surface area (Å²) >= 11 is 0. The first kappa shape index (κ1) is 15.7. The third kappa shape index (κ3) is 2.98. The second kappa shape index (κ2) is 6.61. The Morgan fingerprint density at radius 2 is 1.56 bits per heavy atom. The largest absolute Gasteiger partial charge is 0.506 e. The summed E-state index contributed by atoms with van der Waals surface area (Å²) in [7, 11) is 0. The van der Waals surface area contributed by atoms with Crippen LogP contribution in [0.3, 0.4) is 0 Å². The Kier molecular flexibility index (Phi) is 4.15. The van der Waals surface area contributed by atoms with Crippen molar-refractivity contribution in [2.45, 2.75) is 6.61 Å². The predicted octanol–water partition coefficient (Wildman–Crippen LogP) is 2.76. The normalized spacial score (nSPS) is 14.9. The molecule has 3 aromatic rings. The highest BCUT2D eigenvalue weighted by Crippen LogP contribution is 2.29. The van der Waals surface area contributed by atoms with Crippen LogP contribution in [0, 0.1) is 0 Å². The number of pyridine rings is 1. The van der Waals surface area contributed by atoms with Crippen LogP contribution < -0.4 is 9.80 Å². The topological polar surface area (TPSA) is 59.8 Å². The van der Waals surface area contributed by atoms with Gasteiger partial charge in [0, 0.05) is 37.1 Å². The number of hydrogen-bond acceptors (Lipinski definition) is 5. The zero-order valence-corrected chi connectivity index (χ0v) is 14.0. The molecule has 0 unspecified atom stereocenters. The molecule has 0 saturated carbocycles. The summed E-state index contributed by atoms with van der Waals surface area (Å²) in [6.45, 7) is 3.18. The molecule has 5 nitrogen and oxygen atoms in total. The minimum Gasteiger partial charge on any atom is -0.506 e. The van der Waals surface area contributed by atoms with Crippen LogP contribution in [0.25, 0.3) is 10.9 Å². The van der Waals surface area contributed by atoms with Gasteiger partial charge in [-0.2, -0.15) is 0 Å². The number of phenols is 1. The monoisotopic (exact) mass is 335 g/mol. The quantitative estimate of drug-likeness (QED) is 0.771. The molecule has 1 aliphatic rings. The zero-order chi connectivity index (χ0) is 17.2. The molecule has 0 amide bonds. The Labute approximate surface area is 146 Å². The number of aliphatic hydroxyl groups is 1. The van der Waals surface area contributed by atoms with E-state index in [0.29, 0.717) is 5.75 Å². The van der Waals surface area contributed by atoms with Gasteiger partial charge in [0.05, 0.1) is 17.8 Å². The van der Waals surface area contributed by atoms with Crippen molar-refractivity contribution in [2.75, 3.05) is 36.0 Å². The number of anilines is 2. The average molecular weight is 335 g/mol. The highest BCUT2D eigenvalue weighted by Gasteiger charge is 2.22. The van der Waals surface area contributed by atoms with Crippen molar-refractivity contribution in [3.05, 3.63) is 60.2 Å². The number of hydrogen-bond donors (Lipinski definition) is 2. The van der Waals surface area contributed by atoms with E-state index in [1.165, 1.54) is 0 Å². The number of piperazine rings is 1. The van der Waals surface area contributed by atoms with Crippen LogP contribution in [0.5, 0.6) is 5.75 Å². The summed E-state index contributed by atoms with van der Waals surface area (Å²) in [5, 5.41) is 20.9. The van der Waals surface area contributed by atoms with E-state index in [1.807, 2.05) is 48.5 Å². The van der Waals surface area contributed by atoms with Gasteiger partial charge in [0.2, 0.25) is 0 Å². The van der Waals surface area contributed by atoms with E-state index < -0.39 is 0 Å². The van der Waals surface area contributed by atoms with Crippen molar-refractivity contribution >= 4 is 22.4 Å². The first-order valence-corrected chi connectivity index (χ1v) is 8.53. The van der Waals surface area contributed by atoms with E-state index in [0.717, 1.165) is 54.2 Å². The predicted molar refractivity (Wildman–Crippen MR) is 100 cm³/mol. The molecular formula is C20H21N3O2. The number of nitrogens with zero attached hydrogens (tertiary/aromatic N) is 3. The van der Waals surface area contributed by atoms with Crippen LogP contribution in [-0.2, 0) is 6.61 Å². The lowest BCUT2D eigenvalue weighted by atomic mass is 10.1. The lowest BCUT2D eigenvalue weighted by Crippen LogP contribution is -2.47. The molecule has 2 aromatic carbocycles. The second-order valence-corrected chi connectivity index (χ2v) is 6.28. The van der Waals surface area contributed by atoms with Crippen LogP contribution in [0.1, 0.15) is 5.56 Å². The van der Waals surface area contributed by atoms with Crippen molar-refractivity contribution in [1.82, 2.24) is 4.98 Å². The Morgan fingerprint density at radius 3 is 2.32 bits per heavy atom. The average Bonchev–Trinajstić information content (AvgIpc) is 2.67. The summed E-state index contributed by atoms with van der Waals surface area (Å²) in [5.74, 6) is 1.17. The standard InChI is InChI=1S/C20H21N3O2/c24-14-16-13-15-5-1-2-6-17(15)21-20(16)23-11-9-22(10-12-23)18-7-3-4-8-19(18)25/h1-8,13,24-25H,9-12,14H2. The molecule has 128 valence electrons. The molecule has 25 heavy (non-hydrogen) atoms. The van der Waals surface area contributed by atoms with E-state index in [2.05, 4.69) is 9.80 Å².